The Morgan fingerprint density at radius 3 is 2.75 bits per heavy atom. The second kappa shape index (κ2) is 8.14. The maximum Gasteiger partial charge on any atom is 0.354 e. The number of hydrogen-bond donors (Lipinski definition) is 3. The van der Waals surface area contributed by atoms with Crippen LogP contribution in [-0.2, 0) is 4.79 Å². The van der Waals surface area contributed by atoms with Gasteiger partial charge in [0, 0.05) is 19.0 Å². The molecule has 6 nitrogen and oxygen atoms in total. The first kappa shape index (κ1) is 15.9. The molecule has 0 saturated carbocycles. The molecule has 1 aromatic heterocycles. The zero-order valence-corrected chi connectivity index (χ0v) is 11.8. The van der Waals surface area contributed by atoms with E-state index in [4.69, 9.17) is 5.11 Å². The van der Waals surface area contributed by atoms with Crippen molar-refractivity contribution < 1.29 is 14.7 Å². The molecule has 1 amide bonds. The highest BCUT2D eigenvalue weighted by atomic mass is 16.4. The van der Waals surface area contributed by atoms with Crippen LogP contribution in [0.5, 0.6) is 0 Å². The zero-order valence-electron chi connectivity index (χ0n) is 11.8. The number of anilines is 1. The summed E-state index contributed by atoms with van der Waals surface area (Å²) < 4.78 is 0. The van der Waals surface area contributed by atoms with Gasteiger partial charge in [-0.15, -0.1) is 0 Å². The molecule has 3 N–H and O–H groups in total. The van der Waals surface area contributed by atoms with E-state index in [9.17, 15) is 9.59 Å². The number of aromatic carboxylic acids is 1. The predicted molar refractivity (Wildman–Crippen MR) is 76.8 cm³/mol. The van der Waals surface area contributed by atoms with Crippen molar-refractivity contribution in [2.75, 3.05) is 18.4 Å². The fraction of sp³-hybridized carbons (Fsp3) is 0.500. The number of carbonyl (C=O) groups is 2. The maximum atomic E-state index is 11.7. The first-order valence-corrected chi connectivity index (χ1v) is 6.76. The normalized spacial score (nSPS) is 11.7. The predicted octanol–water partition coefficient (Wildman–Crippen LogP) is 1.74. The van der Waals surface area contributed by atoms with Crippen molar-refractivity contribution >= 4 is 17.7 Å². The van der Waals surface area contributed by atoms with Crippen LogP contribution in [0.2, 0.25) is 0 Å². The lowest BCUT2D eigenvalue weighted by Crippen LogP contribution is -2.33. The number of rotatable bonds is 8. The largest absolute Gasteiger partial charge is 0.477 e. The fourth-order valence-corrected chi connectivity index (χ4v) is 1.77. The van der Waals surface area contributed by atoms with Crippen LogP contribution in [-0.4, -0.2) is 35.1 Å². The van der Waals surface area contributed by atoms with Crippen LogP contribution in [0.4, 0.5) is 5.82 Å². The van der Waals surface area contributed by atoms with Gasteiger partial charge in [-0.2, -0.15) is 0 Å². The summed E-state index contributed by atoms with van der Waals surface area (Å²) in [6, 6.07) is 4.75. The van der Waals surface area contributed by atoms with Gasteiger partial charge in [-0.3, -0.25) is 4.79 Å². The smallest absolute Gasteiger partial charge is 0.354 e. The highest BCUT2D eigenvalue weighted by molar-refractivity contribution is 5.85. The molecule has 6 heteroatoms. The molecule has 0 bridgehead atoms. The van der Waals surface area contributed by atoms with Gasteiger partial charge in [0.1, 0.15) is 5.82 Å². The van der Waals surface area contributed by atoms with E-state index >= 15 is 0 Å². The molecule has 20 heavy (non-hydrogen) atoms. The average Bonchev–Trinajstić information content (AvgIpc) is 2.44. The minimum absolute atomic E-state index is 0.00407. The number of carboxylic acid groups (broad SMARTS) is 1. The van der Waals surface area contributed by atoms with Gasteiger partial charge in [-0.25, -0.2) is 9.78 Å². The number of carbonyl (C=O) groups excluding carboxylic acids is 1. The van der Waals surface area contributed by atoms with Crippen molar-refractivity contribution in [3.8, 4) is 0 Å². The SMILES string of the molecule is CCCC(C)C(=O)NCCNc1cccc(C(=O)O)n1. The third-order valence-electron chi connectivity index (χ3n) is 2.87. The van der Waals surface area contributed by atoms with Crippen LogP contribution >= 0.6 is 0 Å². The van der Waals surface area contributed by atoms with E-state index in [2.05, 4.69) is 15.6 Å². The standard InChI is InChI=1S/C14H21N3O3/c1-3-5-10(2)13(18)16-9-8-15-12-7-4-6-11(17-12)14(19)20/h4,6-7,10H,3,5,8-9H2,1-2H3,(H,15,17)(H,16,18)(H,19,20). The molecule has 0 spiro atoms. The van der Waals surface area contributed by atoms with Gasteiger partial charge < -0.3 is 15.7 Å². The van der Waals surface area contributed by atoms with Crippen LogP contribution in [0.1, 0.15) is 37.2 Å². The second-order valence-corrected chi connectivity index (χ2v) is 4.62. The summed E-state index contributed by atoms with van der Waals surface area (Å²) in [6.45, 7) is 4.93. The van der Waals surface area contributed by atoms with Crippen LogP contribution in [0.25, 0.3) is 0 Å². The van der Waals surface area contributed by atoms with Crippen molar-refractivity contribution in [1.29, 1.82) is 0 Å². The number of nitrogens with one attached hydrogen (secondary N) is 2. The molecule has 1 atom stereocenters. The van der Waals surface area contributed by atoms with Crippen molar-refractivity contribution in [1.82, 2.24) is 10.3 Å². The van der Waals surface area contributed by atoms with E-state index in [1.165, 1.54) is 6.07 Å². The van der Waals surface area contributed by atoms with Crippen LogP contribution in [0, 0.1) is 5.92 Å². The topological polar surface area (TPSA) is 91.3 Å². The zero-order chi connectivity index (χ0) is 15.0. The Morgan fingerprint density at radius 2 is 2.10 bits per heavy atom. The van der Waals surface area contributed by atoms with Gasteiger partial charge in [0.25, 0.3) is 0 Å². The summed E-state index contributed by atoms with van der Waals surface area (Å²) in [4.78, 5) is 26.3. The van der Waals surface area contributed by atoms with Crippen LogP contribution in [0.3, 0.4) is 0 Å². The lowest BCUT2D eigenvalue weighted by molar-refractivity contribution is -0.124. The number of aromatic nitrogens is 1. The lowest BCUT2D eigenvalue weighted by atomic mass is 10.1. The first-order chi connectivity index (χ1) is 9.54. The van der Waals surface area contributed by atoms with Crippen molar-refractivity contribution in [3.63, 3.8) is 0 Å². The molecule has 0 aromatic carbocycles. The maximum absolute atomic E-state index is 11.7. The van der Waals surface area contributed by atoms with E-state index in [-0.39, 0.29) is 17.5 Å². The summed E-state index contributed by atoms with van der Waals surface area (Å²) >= 11 is 0. The van der Waals surface area contributed by atoms with E-state index in [0.29, 0.717) is 18.9 Å². The minimum atomic E-state index is -1.06. The number of amides is 1. The molecule has 1 heterocycles. The van der Waals surface area contributed by atoms with E-state index in [1.807, 2.05) is 13.8 Å². The molecule has 0 aliphatic rings. The molecule has 1 aromatic rings. The average molecular weight is 279 g/mol. The monoisotopic (exact) mass is 279 g/mol. The van der Waals surface area contributed by atoms with Crippen LogP contribution in [0.15, 0.2) is 18.2 Å². The molecule has 0 radical (unpaired) electrons. The summed E-state index contributed by atoms with van der Waals surface area (Å²) in [7, 11) is 0. The Labute approximate surface area is 118 Å². The summed E-state index contributed by atoms with van der Waals surface area (Å²) in [5, 5.41) is 14.6. The highest BCUT2D eigenvalue weighted by Gasteiger charge is 2.10. The fourth-order valence-electron chi connectivity index (χ4n) is 1.77. The number of hydrogen-bond acceptors (Lipinski definition) is 4. The van der Waals surface area contributed by atoms with Crippen molar-refractivity contribution in [3.05, 3.63) is 23.9 Å². The molecule has 0 aliphatic carbocycles. The number of nitrogens with zero attached hydrogens (tertiary/aromatic N) is 1. The summed E-state index contributed by atoms with van der Waals surface area (Å²) in [5.74, 6) is -0.509. The Balaban J connectivity index is 2.32. The van der Waals surface area contributed by atoms with E-state index < -0.39 is 5.97 Å². The summed E-state index contributed by atoms with van der Waals surface area (Å²) in [5.41, 5.74) is -0.00407. The van der Waals surface area contributed by atoms with Crippen molar-refractivity contribution in [2.45, 2.75) is 26.7 Å². The van der Waals surface area contributed by atoms with Crippen molar-refractivity contribution in [2.24, 2.45) is 5.92 Å². The Bertz CT molecular complexity index is 463. The number of carboxylic acids is 1. The Hall–Kier alpha value is -2.11. The van der Waals surface area contributed by atoms with E-state index in [0.717, 1.165) is 12.8 Å². The highest BCUT2D eigenvalue weighted by Crippen LogP contribution is 2.05. The lowest BCUT2D eigenvalue weighted by Gasteiger charge is -2.11. The quantitative estimate of drug-likeness (QED) is 0.630. The molecule has 1 rings (SSSR count). The van der Waals surface area contributed by atoms with E-state index in [1.54, 1.807) is 12.1 Å². The minimum Gasteiger partial charge on any atom is -0.477 e. The number of pyridine rings is 1. The Kier molecular flexibility index (Phi) is 6.49. The molecular weight excluding hydrogens is 258 g/mol. The summed E-state index contributed by atoms with van der Waals surface area (Å²) in [6.07, 6.45) is 1.86. The second-order valence-electron chi connectivity index (χ2n) is 4.62. The molecule has 0 fully saturated rings. The van der Waals surface area contributed by atoms with Gasteiger partial charge in [0.15, 0.2) is 5.69 Å². The molecule has 0 saturated heterocycles. The first-order valence-electron chi connectivity index (χ1n) is 6.76. The van der Waals surface area contributed by atoms with Gasteiger partial charge in [0.05, 0.1) is 0 Å². The molecule has 110 valence electrons. The van der Waals surface area contributed by atoms with Gasteiger partial charge >= 0.3 is 5.97 Å². The third kappa shape index (κ3) is 5.26. The van der Waals surface area contributed by atoms with Crippen LogP contribution < -0.4 is 10.6 Å². The molecule has 0 aliphatic heterocycles. The van der Waals surface area contributed by atoms with Gasteiger partial charge in [-0.1, -0.05) is 26.3 Å². The van der Waals surface area contributed by atoms with Gasteiger partial charge in [0.2, 0.25) is 5.91 Å². The van der Waals surface area contributed by atoms with Gasteiger partial charge in [-0.05, 0) is 18.6 Å². The molecule has 1 unspecified atom stereocenters. The third-order valence-corrected chi connectivity index (χ3v) is 2.87. The Morgan fingerprint density at radius 1 is 1.35 bits per heavy atom. The molecular formula is C14H21N3O3.